The Morgan fingerprint density at radius 2 is 0.648 bits per heavy atom. The van der Waals surface area contributed by atoms with E-state index in [0.29, 0.717) is 0 Å². The Hall–Kier alpha value is -2.48. The van der Waals surface area contributed by atoms with E-state index in [1.54, 1.807) is 38.1 Å². The van der Waals surface area contributed by atoms with Crippen LogP contribution in [0.2, 0.25) is 0 Å². The minimum absolute atomic E-state index is 0.936. The van der Waals surface area contributed by atoms with Crippen molar-refractivity contribution < 1.29 is 4.70 Å². The SMILES string of the molecule is CCCCCc1cc(C2=C(CC)C(CCCC)=C(c3cc(CCCCC)c(CCCCC)c(CCCCC)c3)[N+]2=[N-])cc(CCCCC)c1CCCCC. The number of aryl methyl sites for hydroxylation is 4. The smallest absolute Gasteiger partial charge is 0.211 e. The van der Waals surface area contributed by atoms with E-state index in [-0.39, 0.29) is 0 Å². The van der Waals surface area contributed by atoms with Crippen LogP contribution >= 0.6 is 0 Å². The predicted octanol–water partition coefficient (Wildman–Crippen LogP) is 16.9. The monoisotopic (exact) mass is 737 g/mol. The maximum absolute atomic E-state index is 12.7. The molecular weight excluding hydrogens is 653 g/mol. The van der Waals surface area contributed by atoms with Crippen molar-refractivity contribution in [3.8, 4) is 0 Å². The molecule has 2 heteroatoms. The lowest BCUT2D eigenvalue weighted by atomic mass is 9.86. The number of unbranched alkanes of at least 4 members (excludes halogenated alkanes) is 13. The summed E-state index contributed by atoms with van der Waals surface area (Å²) in [5.41, 5.74) is 29.6. The Kier molecular flexibility index (Phi) is 22.4. The zero-order chi connectivity index (χ0) is 39.1. The predicted molar refractivity (Wildman–Crippen MR) is 240 cm³/mol. The Morgan fingerprint density at radius 1 is 0.352 bits per heavy atom. The highest BCUT2D eigenvalue weighted by atomic mass is 15.2. The van der Waals surface area contributed by atoms with E-state index >= 15 is 0 Å². The van der Waals surface area contributed by atoms with E-state index in [1.807, 2.05) is 0 Å². The highest BCUT2D eigenvalue weighted by molar-refractivity contribution is 5.83. The molecule has 0 fully saturated rings. The summed E-state index contributed by atoms with van der Waals surface area (Å²) in [6.45, 7) is 18.6. The fourth-order valence-corrected chi connectivity index (χ4v) is 9.02. The second kappa shape index (κ2) is 26.4. The second-order valence-corrected chi connectivity index (χ2v) is 16.7. The molecule has 54 heavy (non-hydrogen) atoms. The lowest BCUT2D eigenvalue weighted by Crippen LogP contribution is -2.09. The molecule has 302 valence electrons. The molecular formula is C52H84N2. The number of benzene rings is 2. The van der Waals surface area contributed by atoms with Crippen molar-refractivity contribution in [3.05, 3.63) is 85.5 Å². The molecule has 0 unspecified atom stereocenters. The van der Waals surface area contributed by atoms with Gasteiger partial charge in [-0.3, -0.25) is 0 Å². The molecule has 3 rings (SSSR count). The van der Waals surface area contributed by atoms with Gasteiger partial charge in [0.05, 0.1) is 0 Å². The summed E-state index contributed by atoms with van der Waals surface area (Å²) in [5.74, 6) is 0. The summed E-state index contributed by atoms with van der Waals surface area (Å²) >= 11 is 0. The molecule has 2 aromatic carbocycles. The van der Waals surface area contributed by atoms with Crippen molar-refractivity contribution in [3.63, 3.8) is 0 Å². The quantitative estimate of drug-likeness (QED) is 0.0564. The van der Waals surface area contributed by atoms with Crippen LogP contribution in [0.5, 0.6) is 0 Å². The number of hydrogen-bond donors (Lipinski definition) is 0. The topological polar surface area (TPSA) is 25.3 Å². The largest absolute Gasteiger partial charge is 0.493 e. The lowest BCUT2D eigenvalue weighted by Gasteiger charge is -2.20. The minimum Gasteiger partial charge on any atom is -0.493 e. The van der Waals surface area contributed by atoms with Crippen molar-refractivity contribution in [2.24, 2.45) is 0 Å². The van der Waals surface area contributed by atoms with Crippen molar-refractivity contribution in [1.29, 1.82) is 0 Å². The standard InChI is InChI=1S/C52H84N2/c1-9-17-24-30-41-37-45(38-42(31-25-18-10-2)48(41)35-28-21-13-5)51-47(16-8)50(34-23-15-7)52(54(51)53)46-39-43(32-26-19-11-3)49(36-29-22-14-6)44(40-46)33-27-20-12-4/h37-40H,9-36H2,1-8H3. The van der Waals surface area contributed by atoms with Crippen molar-refractivity contribution in [2.75, 3.05) is 0 Å². The average Bonchev–Trinajstić information content (AvgIpc) is 3.46. The first-order chi connectivity index (χ1) is 26.4. The van der Waals surface area contributed by atoms with Gasteiger partial charge < -0.3 is 5.53 Å². The van der Waals surface area contributed by atoms with Crippen LogP contribution in [0.4, 0.5) is 0 Å². The average molecular weight is 737 g/mol. The van der Waals surface area contributed by atoms with Crippen LogP contribution in [0, 0.1) is 0 Å². The van der Waals surface area contributed by atoms with E-state index in [0.717, 1.165) is 62.8 Å². The van der Waals surface area contributed by atoms with Crippen LogP contribution in [-0.2, 0) is 38.5 Å². The molecule has 2 aromatic rings. The van der Waals surface area contributed by atoms with Gasteiger partial charge in [-0.15, -0.1) is 0 Å². The normalized spacial score (nSPS) is 13.3. The minimum atomic E-state index is 0.936. The van der Waals surface area contributed by atoms with Crippen LogP contribution in [-0.4, -0.2) is 4.70 Å². The molecule has 0 radical (unpaired) electrons. The molecule has 1 heterocycles. The summed E-state index contributed by atoms with van der Waals surface area (Å²) in [5, 5.41) is 0. The van der Waals surface area contributed by atoms with Crippen molar-refractivity contribution >= 4 is 11.4 Å². The molecule has 0 aliphatic carbocycles. The Balaban J connectivity index is 2.28. The van der Waals surface area contributed by atoms with E-state index in [4.69, 9.17) is 0 Å². The molecule has 0 spiro atoms. The van der Waals surface area contributed by atoms with Gasteiger partial charge >= 0.3 is 0 Å². The molecule has 1 aliphatic heterocycles. The zero-order valence-electron chi connectivity index (χ0n) is 37.0. The summed E-state index contributed by atoms with van der Waals surface area (Å²) in [6, 6.07) is 10.1. The lowest BCUT2D eigenvalue weighted by molar-refractivity contribution is -0.345. The highest BCUT2D eigenvalue weighted by Crippen LogP contribution is 2.45. The van der Waals surface area contributed by atoms with E-state index in [1.165, 1.54) is 151 Å². The number of rotatable bonds is 30. The van der Waals surface area contributed by atoms with Crippen LogP contribution in [0.1, 0.15) is 241 Å². The Labute approximate surface area is 335 Å². The molecule has 0 saturated carbocycles. The van der Waals surface area contributed by atoms with Crippen LogP contribution in [0.15, 0.2) is 35.4 Å². The van der Waals surface area contributed by atoms with E-state index < -0.39 is 0 Å². The number of allylic oxidation sites excluding steroid dienone is 2. The van der Waals surface area contributed by atoms with Gasteiger partial charge in [-0.1, -0.05) is 139 Å². The van der Waals surface area contributed by atoms with Gasteiger partial charge in [-0.25, -0.2) is 4.70 Å². The molecule has 2 nitrogen and oxygen atoms in total. The maximum atomic E-state index is 12.7. The molecule has 0 aromatic heterocycles. The first kappa shape index (κ1) is 45.9. The fraction of sp³-hybridized carbons (Fsp3) is 0.692. The third kappa shape index (κ3) is 13.3. The van der Waals surface area contributed by atoms with Crippen molar-refractivity contribution in [1.82, 2.24) is 0 Å². The van der Waals surface area contributed by atoms with Crippen LogP contribution < -0.4 is 0 Å². The van der Waals surface area contributed by atoms with Gasteiger partial charge in [0.2, 0.25) is 11.4 Å². The number of nitrogens with zero attached hydrogens (tertiary/aromatic N) is 2. The molecule has 0 bridgehead atoms. The maximum Gasteiger partial charge on any atom is 0.211 e. The van der Waals surface area contributed by atoms with Gasteiger partial charge in [0.1, 0.15) is 0 Å². The first-order valence-corrected chi connectivity index (χ1v) is 23.7. The summed E-state index contributed by atoms with van der Waals surface area (Å²) in [4.78, 5) is 0. The molecule has 0 atom stereocenters. The third-order valence-corrected chi connectivity index (χ3v) is 12.2. The van der Waals surface area contributed by atoms with Gasteiger partial charge in [0.25, 0.3) is 0 Å². The van der Waals surface area contributed by atoms with Gasteiger partial charge in [-0.2, -0.15) is 0 Å². The zero-order valence-corrected chi connectivity index (χ0v) is 37.0. The summed E-state index contributed by atoms with van der Waals surface area (Å²) in [6.07, 6.45) is 34.0. The Bertz CT molecular complexity index is 1410. The summed E-state index contributed by atoms with van der Waals surface area (Å²) < 4.78 is 1.69. The molecule has 1 aliphatic rings. The van der Waals surface area contributed by atoms with Gasteiger partial charge in [0.15, 0.2) is 0 Å². The first-order valence-electron chi connectivity index (χ1n) is 23.7. The molecule has 0 saturated heterocycles. The van der Waals surface area contributed by atoms with E-state index in [2.05, 4.69) is 79.7 Å². The fourth-order valence-electron chi connectivity index (χ4n) is 9.02. The Morgan fingerprint density at radius 3 is 0.944 bits per heavy atom. The van der Waals surface area contributed by atoms with Gasteiger partial charge in [-0.05, 0) is 154 Å². The molecule has 0 N–H and O–H groups in total. The third-order valence-electron chi connectivity index (χ3n) is 12.2. The van der Waals surface area contributed by atoms with E-state index in [9.17, 15) is 5.53 Å². The van der Waals surface area contributed by atoms with Gasteiger partial charge in [0, 0.05) is 22.3 Å². The van der Waals surface area contributed by atoms with Crippen molar-refractivity contribution in [2.45, 2.75) is 235 Å². The van der Waals surface area contributed by atoms with Crippen LogP contribution in [0.3, 0.4) is 0 Å². The molecule has 0 amide bonds. The summed E-state index contributed by atoms with van der Waals surface area (Å²) in [7, 11) is 0. The number of hydrogen-bond acceptors (Lipinski definition) is 0. The second-order valence-electron chi connectivity index (χ2n) is 16.7. The highest BCUT2D eigenvalue weighted by Gasteiger charge is 2.36. The van der Waals surface area contributed by atoms with Crippen LogP contribution in [0.25, 0.3) is 16.9 Å².